The van der Waals surface area contributed by atoms with Gasteiger partial charge in [0.1, 0.15) is 5.75 Å². The van der Waals surface area contributed by atoms with E-state index >= 15 is 0 Å². The molecule has 8 nitrogen and oxygen atoms in total. The first-order chi connectivity index (χ1) is 16.7. The van der Waals surface area contributed by atoms with Crippen LogP contribution in [0.3, 0.4) is 0 Å². The predicted molar refractivity (Wildman–Crippen MR) is 135 cm³/mol. The van der Waals surface area contributed by atoms with Crippen LogP contribution < -0.4 is 14.8 Å². The maximum Gasteiger partial charge on any atom is 0.261 e. The fourth-order valence-electron chi connectivity index (χ4n) is 3.19. The van der Waals surface area contributed by atoms with E-state index in [1.165, 1.54) is 36.2 Å². The van der Waals surface area contributed by atoms with Gasteiger partial charge in [0.15, 0.2) is 0 Å². The first kappa shape index (κ1) is 25.3. The lowest BCUT2D eigenvalue weighted by Crippen LogP contribution is -2.35. The quantitative estimate of drug-likeness (QED) is 0.445. The number of benzene rings is 3. The number of terminal acetylenes is 1. The predicted octanol–water partition coefficient (Wildman–Crippen LogP) is 3.58. The molecular formula is C26H25N3O5S. The molecule has 180 valence electrons. The molecular weight excluding hydrogens is 466 g/mol. The molecule has 2 N–H and O–H groups in total. The third-order valence-corrected chi connectivity index (χ3v) is 6.23. The number of anilines is 2. The van der Waals surface area contributed by atoms with E-state index < -0.39 is 21.8 Å². The minimum Gasteiger partial charge on any atom is -0.494 e. The number of nitrogens with one attached hydrogen (secondary N) is 2. The average Bonchev–Trinajstić information content (AvgIpc) is 2.85. The van der Waals surface area contributed by atoms with Gasteiger partial charge in [0.2, 0.25) is 5.91 Å². The molecule has 0 fully saturated rings. The first-order valence-corrected chi connectivity index (χ1v) is 12.2. The Bertz CT molecular complexity index is 1360. The zero-order valence-corrected chi connectivity index (χ0v) is 20.1. The summed E-state index contributed by atoms with van der Waals surface area (Å²) in [6.07, 6.45) is 5.37. The minimum absolute atomic E-state index is 0.0822. The fourth-order valence-corrected chi connectivity index (χ4v) is 4.30. The topological polar surface area (TPSA) is 105 Å². The summed E-state index contributed by atoms with van der Waals surface area (Å²) in [7, 11) is -2.49. The summed E-state index contributed by atoms with van der Waals surface area (Å²) in [4.78, 5) is 26.4. The highest BCUT2D eigenvalue weighted by Gasteiger charge is 2.20. The van der Waals surface area contributed by atoms with Crippen molar-refractivity contribution in [3.63, 3.8) is 0 Å². The standard InChI is InChI=1S/C26H25N3O5S/c1-4-19-8-6-10-22(16-19)27-25(30)18-29(3)26(31)20-9-7-11-24(17-20)35(32,33)28-21-12-14-23(15-13-21)34-5-2/h1,6-17,28H,5,18H2,2-3H3,(H,27,30). The van der Waals surface area contributed by atoms with Gasteiger partial charge in [-0.2, -0.15) is 0 Å². The highest BCUT2D eigenvalue weighted by Crippen LogP contribution is 2.20. The molecule has 0 spiro atoms. The third kappa shape index (κ3) is 6.85. The Hall–Kier alpha value is -4.29. The SMILES string of the molecule is C#Cc1cccc(NC(=O)CN(C)C(=O)c2cccc(S(=O)(=O)Nc3ccc(OCC)cc3)c2)c1. The highest BCUT2D eigenvalue weighted by molar-refractivity contribution is 7.92. The van der Waals surface area contributed by atoms with E-state index in [2.05, 4.69) is 16.0 Å². The number of likely N-dealkylation sites (N-methyl/N-ethyl adjacent to an activating group) is 1. The van der Waals surface area contributed by atoms with Gasteiger partial charge in [-0.1, -0.05) is 18.1 Å². The summed E-state index contributed by atoms with van der Waals surface area (Å²) in [6, 6.07) is 18.9. The van der Waals surface area contributed by atoms with Crippen LogP contribution in [0.15, 0.2) is 77.7 Å². The van der Waals surface area contributed by atoms with Crippen molar-refractivity contribution >= 4 is 33.2 Å². The van der Waals surface area contributed by atoms with E-state index in [9.17, 15) is 18.0 Å². The second-order valence-electron chi connectivity index (χ2n) is 7.53. The van der Waals surface area contributed by atoms with E-state index in [4.69, 9.17) is 11.2 Å². The minimum atomic E-state index is -3.95. The zero-order chi connectivity index (χ0) is 25.4. The molecule has 9 heteroatoms. The van der Waals surface area contributed by atoms with Crippen molar-refractivity contribution in [2.24, 2.45) is 0 Å². The van der Waals surface area contributed by atoms with Crippen molar-refractivity contribution in [2.45, 2.75) is 11.8 Å². The van der Waals surface area contributed by atoms with Crippen molar-refractivity contribution in [3.8, 4) is 18.1 Å². The monoisotopic (exact) mass is 491 g/mol. The second-order valence-corrected chi connectivity index (χ2v) is 9.21. The molecule has 0 radical (unpaired) electrons. The molecule has 0 saturated heterocycles. The Labute approximate surface area is 205 Å². The summed E-state index contributed by atoms with van der Waals surface area (Å²) in [6.45, 7) is 2.12. The number of carbonyl (C=O) groups is 2. The van der Waals surface area contributed by atoms with Crippen LogP contribution in [-0.4, -0.2) is 45.3 Å². The van der Waals surface area contributed by atoms with Crippen LogP contribution in [0.25, 0.3) is 0 Å². The van der Waals surface area contributed by atoms with Gasteiger partial charge in [0.05, 0.1) is 18.0 Å². The molecule has 35 heavy (non-hydrogen) atoms. The molecule has 3 aromatic carbocycles. The van der Waals surface area contributed by atoms with Gasteiger partial charge in [-0.25, -0.2) is 8.42 Å². The fraction of sp³-hybridized carbons (Fsp3) is 0.154. The number of rotatable bonds is 9. The Morgan fingerprint density at radius 1 is 1.00 bits per heavy atom. The number of ether oxygens (including phenoxy) is 1. The maximum absolute atomic E-state index is 12.9. The van der Waals surface area contributed by atoms with E-state index in [0.29, 0.717) is 29.3 Å². The van der Waals surface area contributed by atoms with Crippen LogP contribution in [0, 0.1) is 12.3 Å². The molecule has 0 bridgehead atoms. The molecule has 0 atom stereocenters. The Balaban J connectivity index is 1.67. The van der Waals surface area contributed by atoms with Gasteiger partial charge in [-0.15, -0.1) is 6.42 Å². The normalized spacial score (nSPS) is 10.7. The second kappa shape index (κ2) is 11.2. The molecule has 3 aromatic rings. The van der Waals surface area contributed by atoms with Crippen LogP contribution in [0.5, 0.6) is 5.75 Å². The summed E-state index contributed by atoms with van der Waals surface area (Å²) in [5.41, 5.74) is 1.61. The van der Waals surface area contributed by atoms with E-state index in [1.807, 2.05) is 6.92 Å². The number of hydrogen-bond acceptors (Lipinski definition) is 5. The molecule has 0 aromatic heterocycles. The summed E-state index contributed by atoms with van der Waals surface area (Å²) >= 11 is 0. The van der Waals surface area contributed by atoms with Gasteiger partial charge in [0, 0.05) is 29.5 Å². The van der Waals surface area contributed by atoms with E-state index in [0.717, 1.165) is 0 Å². The number of amides is 2. The Morgan fingerprint density at radius 3 is 2.40 bits per heavy atom. The highest BCUT2D eigenvalue weighted by atomic mass is 32.2. The third-order valence-electron chi connectivity index (χ3n) is 4.85. The van der Waals surface area contributed by atoms with Crippen molar-refractivity contribution < 1.29 is 22.7 Å². The lowest BCUT2D eigenvalue weighted by atomic mass is 10.2. The largest absolute Gasteiger partial charge is 0.494 e. The molecule has 0 saturated carbocycles. The van der Waals surface area contributed by atoms with E-state index in [1.54, 1.807) is 48.5 Å². The van der Waals surface area contributed by atoms with Crippen molar-refractivity contribution in [2.75, 3.05) is 30.2 Å². The lowest BCUT2D eigenvalue weighted by molar-refractivity contribution is -0.116. The first-order valence-electron chi connectivity index (χ1n) is 10.7. The van der Waals surface area contributed by atoms with Crippen LogP contribution >= 0.6 is 0 Å². The smallest absolute Gasteiger partial charge is 0.261 e. The van der Waals surface area contributed by atoms with Crippen molar-refractivity contribution in [1.82, 2.24) is 4.90 Å². The molecule has 0 heterocycles. The molecule has 0 aliphatic rings. The number of sulfonamides is 1. The van der Waals surface area contributed by atoms with Gasteiger partial charge >= 0.3 is 0 Å². The average molecular weight is 492 g/mol. The molecule has 0 unspecified atom stereocenters. The Kier molecular flexibility index (Phi) is 8.12. The number of hydrogen-bond donors (Lipinski definition) is 2. The van der Waals surface area contributed by atoms with Crippen molar-refractivity contribution in [1.29, 1.82) is 0 Å². The Morgan fingerprint density at radius 2 is 1.71 bits per heavy atom. The molecule has 0 aliphatic carbocycles. The van der Waals surface area contributed by atoms with Gasteiger partial charge < -0.3 is 15.0 Å². The summed E-state index contributed by atoms with van der Waals surface area (Å²) in [5, 5.41) is 2.69. The number of nitrogens with zero attached hydrogens (tertiary/aromatic N) is 1. The molecule has 3 rings (SSSR count). The summed E-state index contributed by atoms with van der Waals surface area (Å²) < 4.78 is 33.5. The zero-order valence-electron chi connectivity index (χ0n) is 19.3. The lowest BCUT2D eigenvalue weighted by Gasteiger charge is -2.17. The summed E-state index contributed by atoms with van der Waals surface area (Å²) in [5.74, 6) is 2.19. The van der Waals surface area contributed by atoms with Crippen LogP contribution in [0.2, 0.25) is 0 Å². The van der Waals surface area contributed by atoms with Crippen LogP contribution in [-0.2, 0) is 14.8 Å². The van der Waals surface area contributed by atoms with Crippen molar-refractivity contribution in [3.05, 3.63) is 83.9 Å². The van der Waals surface area contributed by atoms with Crippen LogP contribution in [0.4, 0.5) is 11.4 Å². The van der Waals surface area contributed by atoms with E-state index in [-0.39, 0.29) is 17.0 Å². The van der Waals surface area contributed by atoms with Gasteiger partial charge in [0.25, 0.3) is 15.9 Å². The molecule has 0 aliphatic heterocycles. The molecule has 2 amide bonds. The van der Waals surface area contributed by atoms with Crippen LogP contribution in [0.1, 0.15) is 22.8 Å². The number of carbonyl (C=O) groups excluding carboxylic acids is 2. The van der Waals surface area contributed by atoms with Gasteiger partial charge in [-0.3, -0.25) is 14.3 Å². The van der Waals surface area contributed by atoms with Gasteiger partial charge in [-0.05, 0) is 67.6 Å². The maximum atomic E-state index is 12.9.